The van der Waals surface area contributed by atoms with Gasteiger partial charge in [-0.1, -0.05) is 32.4 Å². The fourth-order valence-electron chi connectivity index (χ4n) is 1.75. The minimum absolute atomic E-state index is 0.0370. The number of hydrogen-bond acceptors (Lipinski definition) is 2. The van der Waals surface area contributed by atoms with Gasteiger partial charge in [0.1, 0.15) is 5.84 Å². The largest absolute Gasteiger partial charge is 0.384 e. The highest BCUT2D eigenvalue weighted by atomic mass is 35.5. The molecule has 0 aromatic heterocycles. The van der Waals surface area contributed by atoms with Crippen molar-refractivity contribution in [2.45, 2.75) is 33.7 Å². The summed E-state index contributed by atoms with van der Waals surface area (Å²) in [7, 11) is 2.03. The van der Waals surface area contributed by atoms with Crippen LogP contribution in [0.1, 0.15) is 33.3 Å². The summed E-state index contributed by atoms with van der Waals surface area (Å²) in [5.41, 5.74) is 7.23. The molecule has 0 heterocycles. The maximum absolute atomic E-state index is 7.40. The summed E-state index contributed by atoms with van der Waals surface area (Å²) >= 11 is 6.27. The van der Waals surface area contributed by atoms with Crippen molar-refractivity contribution in [3.8, 4) is 0 Å². The maximum Gasteiger partial charge on any atom is 0.122 e. The lowest BCUT2D eigenvalue weighted by atomic mass is 9.87. The molecule has 0 bridgehead atoms. The van der Waals surface area contributed by atoms with Crippen LogP contribution in [0.25, 0.3) is 0 Å². The van der Waals surface area contributed by atoms with E-state index < -0.39 is 0 Å². The molecule has 0 spiro atoms. The van der Waals surface area contributed by atoms with Crippen molar-refractivity contribution in [3.05, 3.63) is 28.8 Å². The Morgan fingerprint density at radius 3 is 2.33 bits per heavy atom. The molecule has 0 saturated carbocycles. The number of amidine groups is 1. The van der Waals surface area contributed by atoms with Crippen LogP contribution in [-0.2, 0) is 0 Å². The van der Waals surface area contributed by atoms with E-state index in [1.54, 1.807) is 6.07 Å². The molecule has 1 aromatic rings. The molecule has 4 heteroatoms. The minimum Gasteiger partial charge on any atom is -0.384 e. The van der Waals surface area contributed by atoms with E-state index in [1.807, 2.05) is 19.2 Å². The monoisotopic (exact) mass is 267 g/mol. The van der Waals surface area contributed by atoms with Crippen LogP contribution >= 0.6 is 11.6 Å². The van der Waals surface area contributed by atoms with Crippen molar-refractivity contribution in [3.63, 3.8) is 0 Å². The lowest BCUT2D eigenvalue weighted by Gasteiger charge is -2.37. The zero-order valence-electron chi connectivity index (χ0n) is 11.7. The first kappa shape index (κ1) is 14.8. The first-order chi connectivity index (χ1) is 8.14. The summed E-state index contributed by atoms with van der Waals surface area (Å²) in [6.45, 7) is 8.78. The second-order valence-electron chi connectivity index (χ2n) is 5.73. The zero-order valence-corrected chi connectivity index (χ0v) is 12.5. The highest BCUT2D eigenvalue weighted by Crippen LogP contribution is 2.32. The molecular formula is C14H22ClN3. The van der Waals surface area contributed by atoms with E-state index in [0.29, 0.717) is 16.6 Å². The number of nitrogens with two attached hydrogens (primary N) is 1. The van der Waals surface area contributed by atoms with Crippen molar-refractivity contribution < 1.29 is 0 Å². The van der Waals surface area contributed by atoms with Gasteiger partial charge < -0.3 is 10.6 Å². The van der Waals surface area contributed by atoms with Crippen molar-refractivity contribution in [1.82, 2.24) is 0 Å². The summed E-state index contributed by atoms with van der Waals surface area (Å²) in [5.74, 6) is 0.0370. The van der Waals surface area contributed by atoms with Crippen LogP contribution in [0.5, 0.6) is 0 Å². The van der Waals surface area contributed by atoms with Crippen molar-refractivity contribution in [1.29, 1.82) is 5.41 Å². The molecule has 1 aromatic carbocycles. The summed E-state index contributed by atoms with van der Waals surface area (Å²) in [6, 6.07) is 5.83. The molecule has 0 fully saturated rings. The number of nitrogens with one attached hydrogen (secondary N) is 1. The van der Waals surface area contributed by atoms with E-state index >= 15 is 0 Å². The molecule has 1 rings (SSSR count). The van der Waals surface area contributed by atoms with Crippen LogP contribution in [0.15, 0.2) is 18.2 Å². The van der Waals surface area contributed by atoms with Crippen molar-refractivity contribution in [2.75, 3.05) is 11.9 Å². The van der Waals surface area contributed by atoms with Crippen LogP contribution in [-0.4, -0.2) is 18.9 Å². The van der Waals surface area contributed by atoms with Gasteiger partial charge in [-0.15, -0.1) is 0 Å². The van der Waals surface area contributed by atoms with E-state index in [2.05, 4.69) is 32.6 Å². The van der Waals surface area contributed by atoms with Gasteiger partial charge in [0.25, 0.3) is 0 Å². The highest BCUT2D eigenvalue weighted by Gasteiger charge is 2.25. The van der Waals surface area contributed by atoms with E-state index in [0.717, 1.165) is 5.69 Å². The number of hydrogen-bond donors (Lipinski definition) is 2. The van der Waals surface area contributed by atoms with Gasteiger partial charge in [-0.2, -0.15) is 0 Å². The number of rotatable bonds is 3. The fraction of sp³-hybridized carbons (Fsp3) is 0.500. The molecule has 0 saturated heterocycles. The third-order valence-corrected chi connectivity index (χ3v) is 3.78. The zero-order chi connectivity index (χ0) is 14.1. The van der Waals surface area contributed by atoms with Gasteiger partial charge in [0.05, 0.1) is 10.7 Å². The average molecular weight is 268 g/mol. The molecule has 0 aliphatic rings. The Kier molecular flexibility index (Phi) is 4.28. The molecule has 1 atom stereocenters. The van der Waals surface area contributed by atoms with Gasteiger partial charge in [0.2, 0.25) is 0 Å². The molecule has 3 N–H and O–H groups in total. The smallest absolute Gasteiger partial charge is 0.122 e. The van der Waals surface area contributed by atoms with Crippen LogP contribution in [0.2, 0.25) is 5.02 Å². The number of nitrogen functional groups attached to an aromatic ring is 1. The van der Waals surface area contributed by atoms with Crippen LogP contribution < -0.4 is 10.6 Å². The molecular weight excluding hydrogens is 246 g/mol. The molecule has 0 amide bonds. The third kappa shape index (κ3) is 3.16. The Labute approximate surface area is 114 Å². The summed E-state index contributed by atoms with van der Waals surface area (Å²) in [4.78, 5) is 2.16. The quantitative estimate of drug-likeness (QED) is 0.651. The summed E-state index contributed by atoms with van der Waals surface area (Å²) in [6.07, 6.45) is 0. The van der Waals surface area contributed by atoms with Gasteiger partial charge in [-0.3, -0.25) is 5.41 Å². The van der Waals surface area contributed by atoms with Gasteiger partial charge in [-0.05, 0) is 30.5 Å². The minimum atomic E-state index is 0.0370. The second-order valence-corrected chi connectivity index (χ2v) is 6.14. The van der Waals surface area contributed by atoms with E-state index in [-0.39, 0.29) is 11.3 Å². The predicted octanol–water partition coefficient (Wildman–Crippen LogP) is 3.49. The molecule has 0 radical (unpaired) electrons. The van der Waals surface area contributed by atoms with Gasteiger partial charge in [0, 0.05) is 18.7 Å². The van der Waals surface area contributed by atoms with Crippen molar-refractivity contribution >= 4 is 23.1 Å². The van der Waals surface area contributed by atoms with Crippen LogP contribution in [0, 0.1) is 10.8 Å². The molecule has 100 valence electrons. The summed E-state index contributed by atoms with van der Waals surface area (Å²) in [5, 5.41) is 8.03. The lowest BCUT2D eigenvalue weighted by molar-refractivity contribution is 0.330. The number of halogens is 1. The van der Waals surface area contributed by atoms with Gasteiger partial charge >= 0.3 is 0 Å². The normalized spacial score (nSPS) is 13.2. The Balaban J connectivity index is 3.08. The second kappa shape index (κ2) is 5.19. The standard InChI is InChI=1S/C14H22ClN3/c1-9(14(2,3)4)18(5)12-7-6-10(13(16)17)8-11(12)15/h6-9H,1-5H3,(H3,16,17). The van der Waals surface area contributed by atoms with E-state index in [9.17, 15) is 0 Å². The molecule has 3 nitrogen and oxygen atoms in total. The summed E-state index contributed by atoms with van der Waals surface area (Å²) < 4.78 is 0. The number of anilines is 1. The average Bonchev–Trinajstić information content (AvgIpc) is 2.25. The lowest BCUT2D eigenvalue weighted by Crippen LogP contribution is -2.39. The SMILES string of the molecule is CC(N(C)c1ccc(C(=N)N)cc1Cl)C(C)(C)C. The van der Waals surface area contributed by atoms with Crippen LogP contribution in [0.4, 0.5) is 5.69 Å². The number of benzene rings is 1. The molecule has 1 unspecified atom stereocenters. The molecule has 0 aliphatic heterocycles. The van der Waals surface area contributed by atoms with Gasteiger partial charge in [-0.25, -0.2) is 0 Å². The van der Waals surface area contributed by atoms with E-state index in [1.165, 1.54) is 0 Å². The first-order valence-electron chi connectivity index (χ1n) is 6.01. The van der Waals surface area contributed by atoms with Crippen molar-refractivity contribution in [2.24, 2.45) is 11.1 Å². The van der Waals surface area contributed by atoms with Gasteiger partial charge in [0.15, 0.2) is 0 Å². The van der Waals surface area contributed by atoms with E-state index in [4.69, 9.17) is 22.7 Å². The number of nitrogens with zero attached hydrogens (tertiary/aromatic N) is 1. The fourth-order valence-corrected chi connectivity index (χ4v) is 2.06. The van der Waals surface area contributed by atoms with Crippen LogP contribution in [0.3, 0.4) is 0 Å². The Morgan fingerprint density at radius 1 is 1.39 bits per heavy atom. The highest BCUT2D eigenvalue weighted by molar-refractivity contribution is 6.33. The Hall–Kier alpha value is -1.22. The third-order valence-electron chi connectivity index (χ3n) is 3.47. The molecule has 0 aliphatic carbocycles. The first-order valence-corrected chi connectivity index (χ1v) is 6.39. The molecule has 18 heavy (non-hydrogen) atoms. The predicted molar refractivity (Wildman–Crippen MR) is 79.8 cm³/mol. The topological polar surface area (TPSA) is 53.1 Å². The maximum atomic E-state index is 7.40. The Bertz CT molecular complexity index is 449. The Morgan fingerprint density at radius 2 is 1.94 bits per heavy atom.